The van der Waals surface area contributed by atoms with Gasteiger partial charge in [-0.25, -0.2) is 4.79 Å². The molecule has 0 aliphatic heterocycles. The van der Waals surface area contributed by atoms with Crippen molar-refractivity contribution >= 4 is 33.0 Å². The van der Waals surface area contributed by atoms with Gasteiger partial charge >= 0.3 is 6.09 Å². The maximum absolute atomic E-state index is 13.3. The van der Waals surface area contributed by atoms with Crippen molar-refractivity contribution in [2.24, 2.45) is 0 Å². The van der Waals surface area contributed by atoms with Crippen molar-refractivity contribution in [3.63, 3.8) is 0 Å². The molecule has 0 fully saturated rings. The Balaban J connectivity index is 2.14. The van der Waals surface area contributed by atoms with E-state index >= 15 is 0 Å². The highest BCUT2D eigenvalue weighted by Gasteiger charge is 2.24. The summed E-state index contributed by atoms with van der Waals surface area (Å²) in [6.45, 7) is 7.14. The van der Waals surface area contributed by atoms with E-state index in [1.54, 1.807) is 39.8 Å². The van der Waals surface area contributed by atoms with Gasteiger partial charge in [0.1, 0.15) is 16.9 Å². The Labute approximate surface area is 171 Å². The van der Waals surface area contributed by atoms with Gasteiger partial charge in [0.2, 0.25) is 5.43 Å². The van der Waals surface area contributed by atoms with E-state index < -0.39 is 17.7 Å². The Kier molecular flexibility index (Phi) is 5.61. The fourth-order valence-electron chi connectivity index (χ4n) is 2.92. The van der Waals surface area contributed by atoms with Crippen molar-refractivity contribution in [3.05, 3.63) is 69.0 Å². The van der Waals surface area contributed by atoms with E-state index in [-0.39, 0.29) is 5.43 Å². The Morgan fingerprint density at radius 3 is 2.46 bits per heavy atom. The molecule has 0 bridgehead atoms. The van der Waals surface area contributed by atoms with E-state index in [4.69, 9.17) is 9.15 Å². The fourth-order valence-corrected chi connectivity index (χ4v) is 3.28. The molecule has 1 amide bonds. The Morgan fingerprint density at radius 2 is 1.82 bits per heavy atom. The SMILES string of the molecule is CC(NC(=O)OC(C)(C)C)c1oc2ccc(Br)cc2c(=O)c1-c1ccccc1. The molecule has 28 heavy (non-hydrogen) atoms. The minimum atomic E-state index is -0.622. The largest absolute Gasteiger partial charge is 0.458 e. The molecule has 0 spiro atoms. The molecule has 0 saturated heterocycles. The van der Waals surface area contributed by atoms with Crippen molar-refractivity contribution < 1.29 is 13.9 Å². The first-order valence-electron chi connectivity index (χ1n) is 8.97. The van der Waals surface area contributed by atoms with E-state index in [1.165, 1.54) is 0 Å². The summed E-state index contributed by atoms with van der Waals surface area (Å²) >= 11 is 3.40. The third kappa shape index (κ3) is 4.44. The number of nitrogens with one attached hydrogen (secondary N) is 1. The van der Waals surface area contributed by atoms with Crippen LogP contribution in [0.2, 0.25) is 0 Å². The molecule has 0 saturated carbocycles. The van der Waals surface area contributed by atoms with Crippen LogP contribution in [0.15, 0.2) is 62.2 Å². The minimum absolute atomic E-state index is 0.151. The van der Waals surface area contributed by atoms with Gasteiger partial charge in [-0.15, -0.1) is 0 Å². The average molecular weight is 444 g/mol. The van der Waals surface area contributed by atoms with Crippen LogP contribution in [0.25, 0.3) is 22.1 Å². The van der Waals surface area contributed by atoms with Crippen LogP contribution in [0.5, 0.6) is 0 Å². The zero-order chi connectivity index (χ0) is 20.5. The number of ether oxygens (including phenoxy) is 1. The molecule has 1 N–H and O–H groups in total. The number of fused-ring (bicyclic) bond motifs is 1. The zero-order valence-corrected chi connectivity index (χ0v) is 17.8. The summed E-state index contributed by atoms with van der Waals surface area (Å²) in [7, 11) is 0. The van der Waals surface area contributed by atoms with Crippen LogP contribution in [0, 0.1) is 0 Å². The maximum Gasteiger partial charge on any atom is 0.408 e. The van der Waals surface area contributed by atoms with Gasteiger partial charge in [0, 0.05) is 4.47 Å². The minimum Gasteiger partial charge on any atom is -0.458 e. The molecule has 146 valence electrons. The number of hydrogen-bond donors (Lipinski definition) is 1. The fraction of sp³-hybridized carbons (Fsp3) is 0.273. The summed E-state index contributed by atoms with van der Waals surface area (Å²) in [5.74, 6) is 0.386. The third-order valence-electron chi connectivity index (χ3n) is 4.07. The first-order chi connectivity index (χ1) is 13.2. The predicted molar refractivity (Wildman–Crippen MR) is 113 cm³/mol. The van der Waals surface area contributed by atoms with Crippen LogP contribution < -0.4 is 10.7 Å². The Hall–Kier alpha value is -2.60. The Bertz CT molecular complexity index is 1070. The van der Waals surface area contributed by atoms with Crippen molar-refractivity contribution in [2.45, 2.75) is 39.3 Å². The lowest BCUT2D eigenvalue weighted by molar-refractivity contribution is 0.0502. The summed E-state index contributed by atoms with van der Waals surface area (Å²) in [4.78, 5) is 25.5. The number of carbonyl (C=O) groups excluding carboxylic acids is 1. The number of alkyl carbamates (subject to hydrolysis) is 1. The second-order valence-electron chi connectivity index (χ2n) is 7.54. The lowest BCUT2D eigenvalue weighted by Gasteiger charge is -2.22. The van der Waals surface area contributed by atoms with Gasteiger partial charge in [0.15, 0.2) is 0 Å². The van der Waals surface area contributed by atoms with Crippen LogP contribution in [-0.2, 0) is 4.74 Å². The molecule has 6 heteroatoms. The number of amides is 1. The predicted octanol–water partition coefficient (Wildman–Crippen LogP) is 5.81. The molecular weight excluding hydrogens is 422 g/mol. The number of hydrogen-bond acceptors (Lipinski definition) is 4. The number of halogens is 1. The van der Waals surface area contributed by atoms with Crippen LogP contribution in [0.4, 0.5) is 4.79 Å². The number of rotatable bonds is 3. The molecule has 1 heterocycles. The maximum atomic E-state index is 13.3. The first-order valence-corrected chi connectivity index (χ1v) is 9.76. The van der Waals surface area contributed by atoms with Crippen LogP contribution in [-0.4, -0.2) is 11.7 Å². The summed E-state index contributed by atoms with van der Waals surface area (Å²) in [5, 5.41) is 3.24. The highest BCUT2D eigenvalue weighted by atomic mass is 79.9. The van der Waals surface area contributed by atoms with Crippen LogP contribution in [0.1, 0.15) is 39.5 Å². The third-order valence-corrected chi connectivity index (χ3v) is 4.56. The van der Waals surface area contributed by atoms with E-state index in [1.807, 2.05) is 36.4 Å². The summed E-state index contributed by atoms with van der Waals surface area (Å²) in [6.07, 6.45) is -0.572. The van der Waals surface area contributed by atoms with Crippen molar-refractivity contribution in [3.8, 4) is 11.1 Å². The second-order valence-corrected chi connectivity index (χ2v) is 8.46. The number of carbonyl (C=O) groups is 1. The highest BCUT2D eigenvalue weighted by molar-refractivity contribution is 9.10. The van der Waals surface area contributed by atoms with Gasteiger partial charge in [-0.2, -0.15) is 0 Å². The highest BCUT2D eigenvalue weighted by Crippen LogP contribution is 2.30. The van der Waals surface area contributed by atoms with Gasteiger partial charge in [-0.1, -0.05) is 46.3 Å². The van der Waals surface area contributed by atoms with Gasteiger partial charge in [-0.05, 0) is 51.5 Å². The van der Waals surface area contributed by atoms with Crippen molar-refractivity contribution in [1.29, 1.82) is 0 Å². The van der Waals surface area contributed by atoms with Gasteiger partial charge in [-0.3, -0.25) is 4.79 Å². The average Bonchev–Trinajstić information content (AvgIpc) is 2.61. The summed E-state index contributed by atoms with van der Waals surface area (Å²) in [5.41, 5.74) is 0.839. The lowest BCUT2D eigenvalue weighted by atomic mass is 9.99. The van der Waals surface area contributed by atoms with Crippen LogP contribution in [0.3, 0.4) is 0 Å². The normalized spacial score (nSPS) is 12.6. The molecule has 0 aliphatic rings. The monoisotopic (exact) mass is 443 g/mol. The second kappa shape index (κ2) is 7.80. The molecule has 0 aliphatic carbocycles. The standard InChI is InChI=1S/C22H22BrNO4/c1-13(24-21(26)28-22(2,3)4)20-18(14-8-6-5-7-9-14)19(25)16-12-15(23)10-11-17(16)27-20/h5-13H,1-4H3,(H,24,26). The van der Waals surface area contributed by atoms with Gasteiger partial charge in [0.05, 0.1) is 17.0 Å². The zero-order valence-electron chi connectivity index (χ0n) is 16.2. The summed E-state index contributed by atoms with van der Waals surface area (Å²) in [6, 6.07) is 14.0. The molecule has 5 nitrogen and oxygen atoms in total. The number of benzene rings is 2. The quantitative estimate of drug-likeness (QED) is 0.554. The first kappa shape index (κ1) is 20.1. The molecule has 3 rings (SSSR count). The van der Waals surface area contributed by atoms with Gasteiger partial charge < -0.3 is 14.5 Å². The van der Waals surface area contributed by atoms with E-state index in [0.29, 0.717) is 22.3 Å². The molecule has 2 aromatic carbocycles. The molecule has 1 unspecified atom stereocenters. The van der Waals surface area contributed by atoms with Gasteiger partial charge in [0.25, 0.3) is 0 Å². The Morgan fingerprint density at radius 1 is 1.14 bits per heavy atom. The van der Waals surface area contributed by atoms with E-state index in [9.17, 15) is 9.59 Å². The molecule has 0 radical (unpaired) electrons. The molecule has 3 aromatic rings. The lowest BCUT2D eigenvalue weighted by Crippen LogP contribution is -2.34. The molecule has 1 aromatic heterocycles. The van der Waals surface area contributed by atoms with E-state index in [0.717, 1.165) is 10.0 Å². The molecular formula is C22H22BrNO4. The van der Waals surface area contributed by atoms with E-state index in [2.05, 4.69) is 21.2 Å². The van der Waals surface area contributed by atoms with Crippen LogP contribution >= 0.6 is 15.9 Å². The summed E-state index contributed by atoms with van der Waals surface area (Å²) < 4.78 is 12.2. The van der Waals surface area contributed by atoms with Crippen molar-refractivity contribution in [2.75, 3.05) is 0 Å². The van der Waals surface area contributed by atoms with Crippen molar-refractivity contribution in [1.82, 2.24) is 5.32 Å². The molecule has 1 atom stereocenters. The smallest absolute Gasteiger partial charge is 0.408 e. The topological polar surface area (TPSA) is 68.5 Å².